The molecule has 0 fully saturated rings. The molecule has 0 unspecified atom stereocenters. The van der Waals surface area contributed by atoms with Gasteiger partial charge in [-0.2, -0.15) is 0 Å². The van der Waals surface area contributed by atoms with Gasteiger partial charge in [0.05, 0.1) is 23.7 Å². The smallest absolute Gasteiger partial charge is 0.338 e. The van der Waals surface area contributed by atoms with E-state index in [1.807, 2.05) is 17.5 Å². The maximum absolute atomic E-state index is 12.3. The summed E-state index contributed by atoms with van der Waals surface area (Å²) in [5, 5.41) is 1.95. The van der Waals surface area contributed by atoms with E-state index in [9.17, 15) is 4.79 Å². The van der Waals surface area contributed by atoms with Crippen LogP contribution in [0.1, 0.15) is 22.5 Å². The SMILES string of the molecule is O=C(OCc1coc(-c2cccs2)n1)c1ccc2c(c1)OCCCO2. The number of nitrogens with zero attached hydrogens (tertiary/aromatic N) is 1. The highest BCUT2D eigenvalue weighted by atomic mass is 32.1. The van der Waals surface area contributed by atoms with Gasteiger partial charge in [0.25, 0.3) is 0 Å². The number of benzene rings is 1. The van der Waals surface area contributed by atoms with Crippen LogP contribution in [0, 0.1) is 0 Å². The summed E-state index contributed by atoms with van der Waals surface area (Å²) in [4.78, 5) is 17.5. The monoisotopic (exact) mass is 357 g/mol. The molecule has 3 heterocycles. The highest BCUT2D eigenvalue weighted by Gasteiger charge is 2.16. The molecule has 0 saturated carbocycles. The van der Waals surface area contributed by atoms with Crippen LogP contribution in [0.5, 0.6) is 11.5 Å². The van der Waals surface area contributed by atoms with Crippen molar-refractivity contribution in [3.05, 3.63) is 53.2 Å². The lowest BCUT2D eigenvalue weighted by atomic mass is 10.2. The Morgan fingerprint density at radius 1 is 1.20 bits per heavy atom. The molecule has 3 aromatic rings. The molecular weight excluding hydrogens is 342 g/mol. The third kappa shape index (κ3) is 3.51. The van der Waals surface area contributed by atoms with Crippen LogP contribution >= 0.6 is 11.3 Å². The van der Waals surface area contributed by atoms with Gasteiger partial charge in [0.1, 0.15) is 18.6 Å². The van der Waals surface area contributed by atoms with E-state index in [0.29, 0.717) is 41.9 Å². The van der Waals surface area contributed by atoms with Crippen LogP contribution in [0.4, 0.5) is 0 Å². The lowest BCUT2D eigenvalue weighted by Crippen LogP contribution is -2.06. The minimum Gasteiger partial charge on any atom is -0.490 e. The van der Waals surface area contributed by atoms with Gasteiger partial charge < -0.3 is 18.6 Å². The van der Waals surface area contributed by atoms with Crippen molar-refractivity contribution in [1.29, 1.82) is 0 Å². The number of hydrogen-bond acceptors (Lipinski definition) is 7. The van der Waals surface area contributed by atoms with E-state index in [4.69, 9.17) is 18.6 Å². The molecule has 0 atom stereocenters. The van der Waals surface area contributed by atoms with Crippen LogP contribution in [0.15, 0.2) is 46.4 Å². The zero-order valence-electron chi connectivity index (χ0n) is 13.3. The second-order valence-electron chi connectivity index (χ2n) is 5.41. The third-order valence-electron chi connectivity index (χ3n) is 3.62. The quantitative estimate of drug-likeness (QED) is 0.659. The number of esters is 1. The number of carbonyl (C=O) groups is 1. The molecule has 128 valence electrons. The summed E-state index contributed by atoms with van der Waals surface area (Å²) in [5.41, 5.74) is 0.970. The molecule has 0 aliphatic carbocycles. The maximum Gasteiger partial charge on any atom is 0.338 e. The molecule has 0 radical (unpaired) electrons. The van der Waals surface area contributed by atoms with E-state index in [2.05, 4.69) is 4.98 Å². The maximum atomic E-state index is 12.3. The van der Waals surface area contributed by atoms with Gasteiger partial charge in [0.2, 0.25) is 5.89 Å². The molecule has 7 heteroatoms. The molecule has 1 aliphatic heterocycles. The molecule has 1 aliphatic rings. The van der Waals surface area contributed by atoms with Crippen molar-refractivity contribution in [2.45, 2.75) is 13.0 Å². The Morgan fingerprint density at radius 3 is 2.92 bits per heavy atom. The van der Waals surface area contributed by atoms with E-state index in [1.165, 1.54) is 17.6 Å². The number of aromatic nitrogens is 1. The van der Waals surface area contributed by atoms with Gasteiger partial charge in [0, 0.05) is 6.42 Å². The molecule has 0 spiro atoms. The summed E-state index contributed by atoms with van der Waals surface area (Å²) in [6.07, 6.45) is 2.31. The van der Waals surface area contributed by atoms with Crippen LogP contribution in [0.2, 0.25) is 0 Å². The first-order valence-electron chi connectivity index (χ1n) is 7.84. The van der Waals surface area contributed by atoms with Crippen LogP contribution in [-0.2, 0) is 11.3 Å². The molecule has 4 rings (SSSR count). The number of ether oxygens (including phenoxy) is 3. The fraction of sp³-hybridized carbons (Fsp3) is 0.222. The second kappa shape index (κ2) is 6.98. The second-order valence-corrected chi connectivity index (χ2v) is 6.36. The zero-order chi connectivity index (χ0) is 17.1. The summed E-state index contributed by atoms with van der Waals surface area (Å²) in [6, 6.07) is 8.87. The molecule has 6 nitrogen and oxygen atoms in total. The van der Waals surface area contributed by atoms with Gasteiger partial charge in [-0.3, -0.25) is 0 Å². The number of thiophene rings is 1. The molecule has 0 saturated heterocycles. The number of fused-ring (bicyclic) bond motifs is 1. The average molecular weight is 357 g/mol. The molecule has 0 N–H and O–H groups in total. The Bertz CT molecular complexity index is 871. The molecule has 0 amide bonds. The molecule has 0 bridgehead atoms. The normalized spacial score (nSPS) is 13.3. The Morgan fingerprint density at radius 2 is 2.08 bits per heavy atom. The average Bonchev–Trinajstić information content (AvgIpc) is 3.26. The fourth-order valence-electron chi connectivity index (χ4n) is 2.40. The molecule has 2 aromatic heterocycles. The largest absolute Gasteiger partial charge is 0.490 e. The van der Waals surface area contributed by atoms with Crippen molar-refractivity contribution >= 4 is 17.3 Å². The molecule has 25 heavy (non-hydrogen) atoms. The Hall–Kier alpha value is -2.80. The molecular formula is C18H15NO5S. The van der Waals surface area contributed by atoms with Gasteiger partial charge in [-0.15, -0.1) is 11.3 Å². The van der Waals surface area contributed by atoms with Crippen LogP contribution in [-0.4, -0.2) is 24.2 Å². The Balaban J connectivity index is 1.41. The Labute approximate surface area is 148 Å². The number of rotatable bonds is 4. The van der Waals surface area contributed by atoms with Crippen molar-refractivity contribution in [2.24, 2.45) is 0 Å². The van der Waals surface area contributed by atoms with E-state index >= 15 is 0 Å². The lowest BCUT2D eigenvalue weighted by molar-refractivity contribution is 0.0467. The third-order valence-corrected chi connectivity index (χ3v) is 4.48. The van der Waals surface area contributed by atoms with E-state index < -0.39 is 5.97 Å². The summed E-state index contributed by atoms with van der Waals surface area (Å²) in [5.74, 6) is 1.28. The van der Waals surface area contributed by atoms with Crippen LogP contribution < -0.4 is 9.47 Å². The van der Waals surface area contributed by atoms with Crippen molar-refractivity contribution in [3.8, 4) is 22.3 Å². The van der Waals surface area contributed by atoms with Crippen LogP contribution in [0.3, 0.4) is 0 Å². The standard InChI is InChI=1S/C18H15NO5S/c20-18(12-4-5-14-15(9-12)22-7-2-6-21-14)24-11-13-10-23-17(19-13)16-3-1-8-25-16/h1,3-5,8-10H,2,6-7,11H2. The van der Waals surface area contributed by atoms with Crippen molar-refractivity contribution in [3.63, 3.8) is 0 Å². The summed E-state index contributed by atoms with van der Waals surface area (Å²) in [6.45, 7) is 1.22. The number of hydrogen-bond donors (Lipinski definition) is 0. The minimum atomic E-state index is -0.448. The van der Waals surface area contributed by atoms with Crippen molar-refractivity contribution in [1.82, 2.24) is 4.98 Å². The van der Waals surface area contributed by atoms with E-state index in [1.54, 1.807) is 18.2 Å². The van der Waals surface area contributed by atoms with Gasteiger partial charge in [-0.25, -0.2) is 9.78 Å². The summed E-state index contributed by atoms with van der Waals surface area (Å²) < 4.78 is 21.9. The van der Waals surface area contributed by atoms with E-state index in [-0.39, 0.29) is 6.61 Å². The van der Waals surface area contributed by atoms with Crippen molar-refractivity contribution < 1.29 is 23.4 Å². The Kier molecular flexibility index (Phi) is 4.39. The van der Waals surface area contributed by atoms with E-state index in [0.717, 1.165) is 11.3 Å². The summed E-state index contributed by atoms with van der Waals surface area (Å²) in [7, 11) is 0. The van der Waals surface area contributed by atoms with Gasteiger partial charge in [-0.1, -0.05) is 6.07 Å². The van der Waals surface area contributed by atoms with Crippen LogP contribution in [0.25, 0.3) is 10.8 Å². The van der Waals surface area contributed by atoms with Gasteiger partial charge in [-0.05, 0) is 29.6 Å². The fourth-order valence-corrected chi connectivity index (χ4v) is 3.06. The first-order chi connectivity index (χ1) is 12.3. The van der Waals surface area contributed by atoms with Gasteiger partial charge >= 0.3 is 5.97 Å². The first-order valence-corrected chi connectivity index (χ1v) is 8.72. The predicted octanol–water partition coefficient (Wildman–Crippen LogP) is 3.92. The molecule has 1 aromatic carbocycles. The van der Waals surface area contributed by atoms with Crippen molar-refractivity contribution in [2.75, 3.05) is 13.2 Å². The lowest BCUT2D eigenvalue weighted by Gasteiger charge is -2.09. The topological polar surface area (TPSA) is 70.8 Å². The minimum absolute atomic E-state index is 0.0438. The number of oxazole rings is 1. The highest BCUT2D eigenvalue weighted by Crippen LogP contribution is 2.30. The first kappa shape index (κ1) is 15.7. The predicted molar refractivity (Wildman–Crippen MR) is 91.0 cm³/mol. The number of carbonyl (C=O) groups excluding carboxylic acids is 1. The van der Waals surface area contributed by atoms with Gasteiger partial charge in [0.15, 0.2) is 11.5 Å². The highest BCUT2D eigenvalue weighted by molar-refractivity contribution is 7.13. The zero-order valence-corrected chi connectivity index (χ0v) is 14.1. The summed E-state index contributed by atoms with van der Waals surface area (Å²) >= 11 is 1.54.